The summed E-state index contributed by atoms with van der Waals surface area (Å²) in [5, 5.41) is 0. The van der Waals surface area contributed by atoms with E-state index in [0.29, 0.717) is 5.75 Å². The number of anilines is 6. The summed E-state index contributed by atoms with van der Waals surface area (Å²) in [5.41, 5.74) is 19.8. The largest absolute Gasteiger partial charge is 0.497 e. The molecule has 0 bridgehead atoms. The summed E-state index contributed by atoms with van der Waals surface area (Å²) in [6, 6.07) is 76.8. The van der Waals surface area contributed by atoms with Crippen molar-refractivity contribution in [2.75, 3.05) is 16.9 Å². The standard InChI is InChI=1S/C65H56N2O3/c1-45-7-27-56(28-8-45)66(57-29-9-46(2)10-30-57)60-35-15-50(16-36-60)43-64(54-23-39-62(69-6)40-24-54)52-19-21-53(22-20-52)65(55-25-41-63(42-26-55)70-49(5)68)44-51-17-37-61(38-18-51)67(58-31-11-47(3)12-32-58)59-33-13-48(4)14-34-59/h7-44H,1-6H3. The number of hydrogen-bond donors (Lipinski definition) is 0. The van der Waals surface area contributed by atoms with Crippen molar-refractivity contribution in [2.45, 2.75) is 34.6 Å². The zero-order valence-electron chi connectivity index (χ0n) is 40.6. The van der Waals surface area contributed by atoms with Gasteiger partial charge in [-0.05, 0) is 181 Å². The van der Waals surface area contributed by atoms with Gasteiger partial charge in [-0.3, -0.25) is 4.79 Å². The molecule has 0 saturated heterocycles. The zero-order chi connectivity index (χ0) is 48.6. The average Bonchev–Trinajstić information content (AvgIpc) is 3.38. The van der Waals surface area contributed by atoms with Gasteiger partial charge in [0.15, 0.2) is 0 Å². The Morgan fingerprint density at radius 1 is 0.343 bits per heavy atom. The molecule has 9 aromatic carbocycles. The van der Waals surface area contributed by atoms with Crippen LogP contribution in [0.3, 0.4) is 0 Å². The molecule has 5 nitrogen and oxygen atoms in total. The van der Waals surface area contributed by atoms with Crippen LogP contribution in [0.15, 0.2) is 218 Å². The lowest BCUT2D eigenvalue weighted by atomic mass is 9.91. The van der Waals surface area contributed by atoms with Crippen molar-refractivity contribution in [3.8, 4) is 11.5 Å². The Morgan fingerprint density at radius 2 is 0.586 bits per heavy atom. The van der Waals surface area contributed by atoms with E-state index in [1.807, 2.05) is 36.4 Å². The Hall–Kier alpha value is -8.67. The highest BCUT2D eigenvalue weighted by Gasteiger charge is 2.16. The van der Waals surface area contributed by atoms with E-state index in [9.17, 15) is 4.79 Å². The fraction of sp³-hybridized carbons (Fsp3) is 0.0923. The van der Waals surface area contributed by atoms with Gasteiger partial charge in [0.05, 0.1) is 7.11 Å². The van der Waals surface area contributed by atoms with Gasteiger partial charge < -0.3 is 19.3 Å². The van der Waals surface area contributed by atoms with Crippen LogP contribution in [-0.4, -0.2) is 13.1 Å². The molecular formula is C65H56N2O3. The van der Waals surface area contributed by atoms with Gasteiger partial charge in [0.25, 0.3) is 0 Å². The van der Waals surface area contributed by atoms with Crippen LogP contribution < -0.4 is 19.3 Å². The fourth-order valence-electron chi connectivity index (χ4n) is 8.58. The smallest absolute Gasteiger partial charge is 0.308 e. The van der Waals surface area contributed by atoms with E-state index in [1.54, 1.807) is 7.11 Å². The number of esters is 1. The number of carbonyl (C=O) groups excluding carboxylic acids is 1. The third-order valence-electron chi connectivity index (χ3n) is 12.4. The number of benzene rings is 9. The number of aryl methyl sites for hydroxylation is 4. The summed E-state index contributed by atoms with van der Waals surface area (Å²) >= 11 is 0. The van der Waals surface area contributed by atoms with Crippen molar-refractivity contribution in [3.63, 3.8) is 0 Å². The third kappa shape index (κ3) is 11.0. The van der Waals surface area contributed by atoms with Crippen molar-refractivity contribution < 1.29 is 14.3 Å². The summed E-state index contributed by atoms with van der Waals surface area (Å²) in [5.74, 6) is 0.950. The molecule has 0 N–H and O–H groups in total. The predicted octanol–water partition coefficient (Wildman–Crippen LogP) is 17.0. The maximum absolute atomic E-state index is 11.8. The minimum Gasteiger partial charge on any atom is -0.497 e. The highest BCUT2D eigenvalue weighted by Crippen LogP contribution is 2.38. The van der Waals surface area contributed by atoms with E-state index >= 15 is 0 Å². The molecule has 0 aromatic heterocycles. The highest BCUT2D eigenvalue weighted by molar-refractivity contribution is 5.95. The third-order valence-corrected chi connectivity index (χ3v) is 12.4. The molecular weight excluding hydrogens is 857 g/mol. The summed E-state index contributed by atoms with van der Waals surface area (Å²) < 4.78 is 11.0. The second-order valence-electron chi connectivity index (χ2n) is 17.7. The molecule has 0 aliphatic rings. The molecule has 344 valence electrons. The molecule has 0 amide bonds. The average molecular weight is 913 g/mol. The first-order chi connectivity index (χ1) is 34.1. The number of hydrogen-bond acceptors (Lipinski definition) is 5. The minimum absolute atomic E-state index is 0.354. The molecule has 0 atom stereocenters. The maximum atomic E-state index is 11.8. The van der Waals surface area contributed by atoms with Crippen molar-refractivity contribution in [3.05, 3.63) is 274 Å². The van der Waals surface area contributed by atoms with E-state index in [-0.39, 0.29) is 5.97 Å². The van der Waals surface area contributed by atoms with Gasteiger partial charge >= 0.3 is 5.97 Å². The lowest BCUT2D eigenvalue weighted by Gasteiger charge is -2.26. The number of ether oxygens (including phenoxy) is 2. The monoisotopic (exact) mass is 912 g/mol. The molecule has 9 aromatic rings. The first-order valence-electron chi connectivity index (χ1n) is 23.6. The van der Waals surface area contributed by atoms with Crippen molar-refractivity contribution in [1.82, 2.24) is 0 Å². The van der Waals surface area contributed by atoms with Crippen LogP contribution in [0.4, 0.5) is 34.1 Å². The molecule has 9 rings (SSSR count). The highest BCUT2D eigenvalue weighted by atomic mass is 16.5. The van der Waals surface area contributed by atoms with E-state index in [4.69, 9.17) is 9.47 Å². The topological polar surface area (TPSA) is 42.0 Å². The molecule has 0 aliphatic carbocycles. The van der Waals surface area contributed by atoms with Gasteiger partial charge in [-0.2, -0.15) is 0 Å². The van der Waals surface area contributed by atoms with Crippen molar-refractivity contribution in [1.29, 1.82) is 0 Å². The van der Waals surface area contributed by atoms with Gasteiger partial charge in [0.2, 0.25) is 0 Å². The van der Waals surface area contributed by atoms with Gasteiger partial charge in [-0.25, -0.2) is 0 Å². The first-order valence-corrected chi connectivity index (χ1v) is 23.6. The molecule has 5 heteroatoms. The number of nitrogens with zero attached hydrogens (tertiary/aromatic N) is 2. The fourth-order valence-corrected chi connectivity index (χ4v) is 8.58. The number of methoxy groups -OCH3 is 1. The normalized spacial score (nSPS) is 11.5. The Bertz CT molecular complexity index is 3150. The van der Waals surface area contributed by atoms with E-state index in [2.05, 4.69) is 232 Å². The lowest BCUT2D eigenvalue weighted by Crippen LogP contribution is -2.09. The second-order valence-corrected chi connectivity index (χ2v) is 17.7. The van der Waals surface area contributed by atoms with Crippen LogP contribution in [0, 0.1) is 27.7 Å². The van der Waals surface area contributed by atoms with Crippen molar-refractivity contribution >= 4 is 63.4 Å². The SMILES string of the molecule is COc1ccc(C(=Cc2ccc(N(c3ccc(C)cc3)c3ccc(C)cc3)cc2)c2ccc(C(=Cc3ccc(N(c4ccc(C)cc4)c4ccc(C)cc4)cc3)c3ccc(OC(C)=O)cc3)cc2)cc1. The van der Waals surface area contributed by atoms with E-state index in [0.717, 1.165) is 84.4 Å². The summed E-state index contributed by atoms with van der Waals surface area (Å²) in [6.45, 7) is 9.87. The molecule has 0 unspecified atom stereocenters. The van der Waals surface area contributed by atoms with Gasteiger partial charge in [-0.1, -0.05) is 144 Å². The van der Waals surface area contributed by atoms with Crippen LogP contribution in [-0.2, 0) is 4.79 Å². The Morgan fingerprint density at radius 3 is 0.843 bits per heavy atom. The van der Waals surface area contributed by atoms with Crippen LogP contribution in [0.25, 0.3) is 23.3 Å². The van der Waals surface area contributed by atoms with Crippen molar-refractivity contribution in [2.24, 2.45) is 0 Å². The molecule has 0 spiro atoms. The quantitative estimate of drug-likeness (QED) is 0.0618. The number of rotatable bonds is 14. The van der Waals surface area contributed by atoms with Crippen LogP contribution in [0.1, 0.15) is 62.6 Å². The van der Waals surface area contributed by atoms with E-state index in [1.165, 1.54) is 29.2 Å². The van der Waals surface area contributed by atoms with Gasteiger partial charge in [0.1, 0.15) is 11.5 Å². The Kier molecular flexibility index (Phi) is 14.0. The molecule has 70 heavy (non-hydrogen) atoms. The zero-order valence-corrected chi connectivity index (χ0v) is 40.6. The van der Waals surface area contributed by atoms with Crippen LogP contribution in [0.5, 0.6) is 11.5 Å². The Balaban J connectivity index is 1.08. The summed E-state index contributed by atoms with van der Waals surface area (Å²) in [4.78, 5) is 16.4. The lowest BCUT2D eigenvalue weighted by molar-refractivity contribution is -0.131. The van der Waals surface area contributed by atoms with E-state index < -0.39 is 0 Å². The first kappa shape index (κ1) is 46.4. The molecule has 0 heterocycles. The molecule has 0 aliphatic heterocycles. The van der Waals surface area contributed by atoms with Gasteiger partial charge in [-0.15, -0.1) is 0 Å². The molecule has 0 radical (unpaired) electrons. The maximum Gasteiger partial charge on any atom is 0.308 e. The van der Waals surface area contributed by atoms with Crippen LogP contribution >= 0.6 is 0 Å². The number of carbonyl (C=O) groups is 1. The van der Waals surface area contributed by atoms with Crippen LogP contribution in [0.2, 0.25) is 0 Å². The summed E-state index contributed by atoms with van der Waals surface area (Å²) in [6.07, 6.45) is 4.48. The summed E-state index contributed by atoms with van der Waals surface area (Å²) in [7, 11) is 1.69. The van der Waals surface area contributed by atoms with Gasteiger partial charge in [0, 0.05) is 41.0 Å². The molecule has 0 fully saturated rings. The minimum atomic E-state index is -0.354. The Labute approximate surface area is 412 Å². The second kappa shape index (κ2) is 21.1. The predicted molar refractivity (Wildman–Crippen MR) is 292 cm³/mol. The molecule has 0 saturated carbocycles.